The summed E-state index contributed by atoms with van der Waals surface area (Å²) < 4.78 is 0. The molecule has 1 atom stereocenters. The zero-order valence-electron chi connectivity index (χ0n) is 11.5. The zero-order chi connectivity index (χ0) is 12.4. The van der Waals surface area contributed by atoms with Gasteiger partial charge in [-0.15, -0.1) is 0 Å². The van der Waals surface area contributed by atoms with Crippen LogP contribution in [0.5, 0.6) is 0 Å². The molecule has 1 aliphatic rings. The second kappa shape index (κ2) is 5.08. The van der Waals surface area contributed by atoms with Crippen LogP contribution in [0, 0.1) is 26.7 Å². The molecule has 0 heteroatoms. The summed E-state index contributed by atoms with van der Waals surface area (Å²) in [7, 11) is 0. The first-order chi connectivity index (χ1) is 8.08. The van der Waals surface area contributed by atoms with E-state index in [1.165, 1.54) is 59.9 Å². The van der Waals surface area contributed by atoms with Gasteiger partial charge in [0.1, 0.15) is 0 Å². The first kappa shape index (κ1) is 12.4. The molecule has 0 radical (unpaired) electrons. The van der Waals surface area contributed by atoms with E-state index in [9.17, 15) is 0 Å². The van der Waals surface area contributed by atoms with E-state index in [4.69, 9.17) is 0 Å². The number of hydrogen-bond acceptors (Lipinski definition) is 0. The quantitative estimate of drug-likeness (QED) is 0.631. The Hall–Kier alpha value is -1.04. The van der Waals surface area contributed by atoms with E-state index >= 15 is 0 Å². The van der Waals surface area contributed by atoms with Crippen molar-refractivity contribution in [2.45, 2.75) is 52.9 Å². The molecule has 17 heavy (non-hydrogen) atoms. The lowest BCUT2D eigenvalue weighted by Crippen LogP contribution is -2.13. The molecule has 0 nitrogen and oxygen atoms in total. The summed E-state index contributed by atoms with van der Waals surface area (Å²) in [6, 6.07) is 4.71. The average Bonchev–Trinajstić information content (AvgIpc) is 2.29. The maximum Gasteiger partial charge on any atom is -0.0165 e. The second-order valence-corrected chi connectivity index (χ2v) is 5.67. The molecule has 0 amide bonds. The van der Waals surface area contributed by atoms with Gasteiger partial charge in [-0.25, -0.2) is 0 Å². The van der Waals surface area contributed by atoms with Gasteiger partial charge in [-0.1, -0.05) is 30.7 Å². The van der Waals surface area contributed by atoms with Gasteiger partial charge in [0, 0.05) is 0 Å². The highest BCUT2D eigenvalue weighted by atomic mass is 14.2. The summed E-state index contributed by atoms with van der Waals surface area (Å²) in [5, 5.41) is 0. The number of benzene rings is 1. The maximum atomic E-state index is 4.26. The van der Waals surface area contributed by atoms with Crippen molar-refractivity contribution in [3.05, 3.63) is 46.5 Å². The standard InChI is InChI=1S/C17H24/c1-12-7-5-6-8-16(12)11-17-10-14(3)13(2)9-15(17)4/h9-10,16H,1,5-8,11H2,2-4H3. The molecule has 0 aromatic heterocycles. The van der Waals surface area contributed by atoms with Gasteiger partial charge in [0.2, 0.25) is 0 Å². The lowest BCUT2D eigenvalue weighted by Gasteiger charge is -2.25. The summed E-state index contributed by atoms with van der Waals surface area (Å²) in [6.07, 6.45) is 6.51. The molecule has 1 saturated carbocycles. The fourth-order valence-electron chi connectivity index (χ4n) is 2.90. The molecular weight excluding hydrogens is 204 g/mol. The van der Waals surface area contributed by atoms with Crippen molar-refractivity contribution < 1.29 is 0 Å². The summed E-state index contributed by atoms with van der Waals surface area (Å²) in [5.41, 5.74) is 7.29. The van der Waals surface area contributed by atoms with Crippen LogP contribution < -0.4 is 0 Å². The third kappa shape index (κ3) is 2.80. The highest BCUT2D eigenvalue weighted by Crippen LogP contribution is 2.31. The molecule has 92 valence electrons. The highest BCUT2D eigenvalue weighted by Gasteiger charge is 2.18. The topological polar surface area (TPSA) is 0 Å². The summed E-state index contributed by atoms with van der Waals surface area (Å²) in [4.78, 5) is 0. The highest BCUT2D eigenvalue weighted by molar-refractivity contribution is 5.37. The molecule has 1 aromatic rings. The van der Waals surface area contributed by atoms with Crippen LogP contribution in [-0.2, 0) is 6.42 Å². The summed E-state index contributed by atoms with van der Waals surface area (Å²) >= 11 is 0. The van der Waals surface area contributed by atoms with Crippen molar-refractivity contribution in [2.75, 3.05) is 0 Å². The van der Waals surface area contributed by atoms with Gasteiger partial charge in [0.25, 0.3) is 0 Å². The van der Waals surface area contributed by atoms with E-state index in [1.54, 1.807) is 0 Å². The number of hydrogen-bond donors (Lipinski definition) is 0. The van der Waals surface area contributed by atoms with E-state index < -0.39 is 0 Å². The Bertz CT molecular complexity index is 426. The van der Waals surface area contributed by atoms with Crippen molar-refractivity contribution >= 4 is 0 Å². The van der Waals surface area contributed by atoms with Gasteiger partial charge < -0.3 is 0 Å². The first-order valence-electron chi connectivity index (χ1n) is 6.82. The largest absolute Gasteiger partial charge is 0.0996 e. The predicted molar refractivity (Wildman–Crippen MR) is 75.5 cm³/mol. The summed E-state index contributed by atoms with van der Waals surface area (Å²) in [5.74, 6) is 0.726. The van der Waals surface area contributed by atoms with E-state index in [-0.39, 0.29) is 0 Å². The average molecular weight is 228 g/mol. The Labute approximate surface area is 106 Å². The molecule has 0 bridgehead atoms. The van der Waals surface area contributed by atoms with Gasteiger partial charge in [-0.05, 0) is 74.6 Å². The van der Waals surface area contributed by atoms with E-state index in [0.29, 0.717) is 0 Å². The van der Waals surface area contributed by atoms with E-state index in [1.807, 2.05) is 0 Å². The Kier molecular flexibility index (Phi) is 3.71. The van der Waals surface area contributed by atoms with Crippen LogP contribution in [-0.4, -0.2) is 0 Å². The van der Waals surface area contributed by atoms with Gasteiger partial charge >= 0.3 is 0 Å². The molecule has 2 rings (SSSR count). The minimum atomic E-state index is 0.726. The van der Waals surface area contributed by atoms with Gasteiger partial charge in [-0.3, -0.25) is 0 Å². The molecule has 1 unspecified atom stereocenters. The molecule has 0 saturated heterocycles. The van der Waals surface area contributed by atoms with Gasteiger partial charge in [0.05, 0.1) is 0 Å². The summed E-state index contributed by atoms with van der Waals surface area (Å²) in [6.45, 7) is 10.9. The SMILES string of the molecule is C=C1CCCCC1Cc1cc(C)c(C)cc1C. The Morgan fingerprint density at radius 1 is 1.06 bits per heavy atom. The lowest BCUT2D eigenvalue weighted by molar-refractivity contribution is 0.452. The van der Waals surface area contributed by atoms with Crippen molar-refractivity contribution in [3.63, 3.8) is 0 Å². The van der Waals surface area contributed by atoms with Crippen LogP contribution in [0.2, 0.25) is 0 Å². The third-order valence-corrected chi connectivity index (χ3v) is 4.30. The zero-order valence-corrected chi connectivity index (χ0v) is 11.5. The minimum absolute atomic E-state index is 0.726. The smallest absolute Gasteiger partial charge is 0.0165 e. The fraction of sp³-hybridized carbons (Fsp3) is 0.529. The van der Waals surface area contributed by atoms with Crippen molar-refractivity contribution in [1.82, 2.24) is 0 Å². The van der Waals surface area contributed by atoms with Crippen LogP contribution >= 0.6 is 0 Å². The molecule has 1 aliphatic carbocycles. The molecule has 1 fully saturated rings. The van der Waals surface area contributed by atoms with Crippen LogP contribution in [0.3, 0.4) is 0 Å². The van der Waals surface area contributed by atoms with Crippen LogP contribution in [0.15, 0.2) is 24.3 Å². The normalized spacial score (nSPS) is 20.6. The second-order valence-electron chi connectivity index (χ2n) is 5.67. The van der Waals surface area contributed by atoms with Crippen molar-refractivity contribution in [2.24, 2.45) is 5.92 Å². The predicted octanol–water partition coefficient (Wildman–Crippen LogP) is 4.90. The Morgan fingerprint density at radius 2 is 1.76 bits per heavy atom. The third-order valence-electron chi connectivity index (χ3n) is 4.30. The Morgan fingerprint density at radius 3 is 2.47 bits per heavy atom. The number of allylic oxidation sites excluding steroid dienone is 1. The number of aryl methyl sites for hydroxylation is 3. The molecule has 1 aromatic carbocycles. The van der Waals surface area contributed by atoms with E-state index in [2.05, 4.69) is 39.5 Å². The fourth-order valence-corrected chi connectivity index (χ4v) is 2.90. The number of rotatable bonds is 2. The Balaban J connectivity index is 2.17. The monoisotopic (exact) mass is 228 g/mol. The first-order valence-corrected chi connectivity index (χ1v) is 6.82. The molecule has 0 aliphatic heterocycles. The molecule has 0 N–H and O–H groups in total. The van der Waals surface area contributed by atoms with Crippen LogP contribution in [0.1, 0.15) is 47.9 Å². The van der Waals surface area contributed by atoms with Gasteiger partial charge in [0.15, 0.2) is 0 Å². The minimum Gasteiger partial charge on any atom is -0.0996 e. The van der Waals surface area contributed by atoms with Crippen molar-refractivity contribution in [1.29, 1.82) is 0 Å². The lowest BCUT2D eigenvalue weighted by atomic mass is 9.80. The van der Waals surface area contributed by atoms with Crippen LogP contribution in [0.4, 0.5) is 0 Å². The van der Waals surface area contributed by atoms with Gasteiger partial charge in [-0.2, -0.15) is 0 Å². The molecule has 0 spiro atoms. The molecule has 0 heterocycles. The van der Waals surface area contributed by atoms with Crippen LogP contribution in [0.25, 0.3) is 0 Å². The molecular formula is C17H24. The maximum absolute atomic E-state index is 4.26. The van der Waals surface area contributed by atoms with E-state index in [0.717, 1.165) is 5.92 Å². The van der Waals surface area contributed by atoms with Crippen molar-refractivity contribution in [3.8, 4) is 0 Å².